The van der Waals surface area contributed by atoms with E-state index in [2.05, 4.69) is 28.0 Å². The number of halogens is 3. The van der Waals surface area contributed by atoms with Gasteiger partial charge in [-0.25, -0.2) is 0 Å². The minimum atomic E-state index is 0. The summed E-state index contributed by atoms with van der Waals surface area (Å²) in [5, 5.41) is 12.3. The van der Waals surface area contributed by atoms with Crippen LogP contribution in [0.5, 0.6) is 0 Å². The number of anilines is 1. The van der Waals surface area contributed by atoms with Gasteiger partial charge in [-0.1, -0.05) is 65.7 Å². The highest BCUT2D eigenvalue weighted by atomic mass is 35.5. The average Bonchev–Trinajstić information content (AvgIpc) is 2.70. The third-order valence-electron chi connectivity index (χ3n) is 5.14. The van der Waals surface area contributed by atoms with Gasteiger partial charge in [-0.2, -0.15) is 0 Å². The summed E-state index contributed by atoms with van der Waals surface area (Å²) in [5.41, 5.74) is 2.16. The van der Waals surface area contributed by atoms with Gasteiger partial charge in [0.25, 0.3) is 0 Å². The fourth-order valence-electron chi connectivity index (χ4n) is 3.61. The van der Waals surface area contributed by atoms with Crippen molar-refractivity contribution < 1.29 is 0 Å². The van der Waals surface area contributed by atoms with Gasteiger partial charge in [0.05, 0.1) is 5.02 Å². The van der Waals surface area contributed by atoms with Gasteiger partial charge in [0.1, 0.15) is 5.84 Å². The van der Waals surface area contributed by atoms with Gasteiger partial charge in [-0.05, 0) is 29.1 Å². The lowest BCUT2D eigenvalue weighted by Crippen LogP contribution is -2.49. The fourth-order valence-corrected chi connectivity index (χ4v) is 4.10. The van der Waals surface area contributed by atoms with E-state index in [1.54, 1.807) is 0 Å². The Bertz CT molecular complexity index is 982. The van der Waals surface area contributed by atoms with E-state index < -0.39 is 0 Å². The Hall–Kier alpha value is -1.94. The zero-order valence-electron chi connectivity index (χ0n) is 15.4. The minimum absolute atomic E-state index is 0. The highest BCUT2D eigenvalue weighted by Crippen LogP contribution is 2.28. The molecule has 1 aliphatic rings. The van der Waals surface area contributed by atoms with Crippen molar-refractivity contribution in [2.45, 2.75) is 6.42 Å². The van der Waals surface area contributed by atoms with Crippen LogP contribution in [-0.4, -0.2) is 36.9 Å². The molecular formula is C22H22Cl3N3. The van der Waals surface area contributed by atoms with Gasteiger partial charge in [-0.15, -0.1) is 12.4 Å². The summed E-state index contributed by atoms with van der Waals surface area (Å²) in [4.78, 5) is 4.46. The van der Waals surface area contributed by atoms with Crippen molar-refractivity contribution in [1.29, 1.82) is 5.41 Å². The largest absolute Gasteiger partial charge is 0.368 e. The van der Waals surface area contributed by atoms with Crippen molar-refractivity contribution in [3.8, 4) is 0 Å². The van der Waals surface area contributed by atoms with Crippen LogP contribution in [0.2, 0.25) is 10.0 Å². The van der Waals surface area contributed by atoms with E-state index in [1.807, 2.05) is 42.5 Å². The molecule has 1 saturated heterocycles. The lowest BCUT2D eigenvalue weighted by atomic mass is 10.0. The smallest absolute Gasteiger partial charge is 0.100 e. The second-order valence-electron chi connectivity index (χ2n) is 6.84. The van der Waals surface area contributed by atoms with E-state index in [4.69, 9.17) is 28.6 Å². The van der Waals surface area contributed by atoms with Crippen molar-refractivity contribution in [2.75, 3.05) is 31.1 Å². The normalized spacial score (nSPS) is 14.1. The number of amidine groups is 1. The molecule has 6 heteroatoms. The molecule has 1 aliphatic heterocycles. The number of fused-ring (bicyclic) bond motifs is 1. The molecule has 0 aromatic heterocycles. The van der Waals surface area contributed by atoms with Crippen molar-refractivity contribution in [1.82, 2.24) is 4.90 Å². The summed E-state index contributed by atoms with van der Waals surface area (Å²) in [7, 11) is 0. The second kappa shape index (κ2) is 9.04. The molecule has 0 spiro atoms. The maximum absolute atomic E-state index is 8.56. The summed E-state index contributed by atoms with van der Waals surface area (Å²) in [5.74, 6) is 0.623. The number of rotatable bonds is 3. The number of benzene rings is 3. The number of hydrogen-bond acceptors (Lipinski definition) is 2. The monoisotopic (exact) mass is 433 g/mol. The maximum Gasteiger partial charge on any atom is 0.100 e. The number of nitrogens with zero attached hydrogens (tertiary/aromatic N) is 2. The van der Waals surface area contributed by atoms with Crippen molar-refractivity contribution in [2.24, 2.45) is 0 Å². The number of piperazine rings is 1. The molecule has 1 heterocycles. The molecule has 0 amide bonds. The first-order chi connectivity index (χ1) is 13.1. The SMILES string of the molecule is Cl.N=C(Cc1ccc2ccccc2c1Cl)N1CCN(c2cccc(Cl)c2)CC1. The van der Waals surface area contributed by atoms with E-state index in [1.165, 1.54) is 0 Å². The first kappa shape index (κ1) is 20.8. The Morgan fingerprint density at radius 1 is 0.893 bits per heavy atom. The third-order valence-corrected chi connectivity index (χ3v) is 5.82. The van der Waals surface area contributed by atoms with Gasteiger partial charge in [0, 0.05) is 48.7 Å². The predicted octanol–water partition coefficient (Wildman–Crippen LogP) is 5.91. The molecule has 0 unspecified atom stereocenters. The Kier molecular flexibility index (Phi) is 6.71. The Labute approximate surface area is 181 Å². The Balaban J connectivity index is 0.00000225. The first-order valence-electron chi connectivity index (χ1n) is 9.11. The minimum Gasteiger partial charge on any atom is -0.368 e. The molecule has 1 fully saturated rings. The van der Waals surface area contributed by atoms with Gasteiger partial charge in [0.15, 0.2) is 0 Å². The van der Waals surface area contributed by atoms with E-state index in [0.717, 1.165) is 58.2 Å². The van der Waals surface area contributed by atoms with E-state index in [-0.39, 0.29) is 12.4 Å². The van der Waals surface area contributed by atoms with Crippen LogP contribution in [0.4, 0.5) is 5.69 Å². The third kappa shape index (κ3) is 4.38. The Morgan fingerprint density at radius 2 is 1.64 bits per heavy atom. The van der Waals surface area contributed by atoms with Crippen LogP contribution in [0, 0.1) is 5.41 Å². The van der Waals surface area contributed by atoms with E-state index >= 15 is 0 Å². The first-order valence-corrected chi connectivity index (χ1v) is 9.86. The molecule has 146 valence electrons. The summed E-state index contributed by atoms with van der Waals surface area (Å²) < 4.78 is 0. The van der Waals surface area contributed by atoms with Crippen LogP contribution in [0.3, 0.4) is 0 Å². The quantitative estimate of drug-likeness (QED) is 0.410. The summed E-state index contributed by atoms with van der Waals surface area (Å²) in [6.45, 7) is 3.43. The molecular weight excluding hydrogens is 413 g/mol. The number of nitrogens with one attached hydrogen (secondary N) is 1. The van der Waals surface area contributed by atoms with E-state index in [9.17, 15) is 0 Å². The standard InChI is InChI=1S/C22H21Cl2N3.ClH/c23-18-5-3-6-19(15-18)26-10-12-27(13-11-26)21(25)14-17-9-8-16-4-1-2-7-20(16)22(17)24;/h1-9,15,25H,10-14H2;1H. The van der Waals surface area contributed by atoms with Gasteiger partial charge in [-0.3, -0.25) is 5.41 Å². The molecule has 0 bridgehead atoms. The van der Waals surface area contributed by atoms with Crippen LogP contribution in [0.1, 0.15) is 5.56 Å². The molecule has 1 N–H and O–H groups in total. The fraction of sp³-hybridized carbons (Fsp3) is 0.227. The van der Waals surface area contributed by atoms with Gasteiger partial charge < -0.3 is 9.80 Å². The second-order valence-corrected chi connectivity index (χ2v) is 7.65. The molecule has 3 aromatic carbocycles. The van der Waals surface area contributed by atoms with Gasteiger partial charge >= 0.3 is 0 Å². The van der Waals surface area contributed by atoms with Crippen molar-refractivity contribution in [3.05, 3.63) is 76.3 Å². The topological polar surface area (TPSA) is 30.3 Å². The van der Waals surface area contributed by atoms with Crippen LogP contribution in [-0.2, 0) is 6.42 Å². The molecule has 0 saturated carbocycles. The lowest BCUT2D eigenvalue weighted by Gasteiger charge is -2.37. The Morgan fingerprint density at radius 3 is 2.39 bits per heavy atom. The molecule has 3 aromatic rings. The molecule has 28 heavy (non-hydrogen) atoms. The van der Waals surface area contributed by atoms with Crippen molar-refractivity contribution in [3.63, 3.8) is 0 Å². The predicted molar refractivity (Wildman–Crippen MR) is 123 cm³/mol. The highest BCUT2D eigenvalue weighted by Gasteiger charge is 2.20. The van der Waals surface area contributed by atoms with Crippen LogP contribution < -0.4 is 4.90 Å². The van der Waals surface area contributed by atoms with Gasteiger partial charge in [0.2, 0.25) is 0 Å². The number of hydrogen-bond donors (Lipinski definition) is 1. The molecule has 0 radical (unpaired) electrons. The van der Waals surface area contributed by atoms with Crippen molar-refractivity contribution >= 4 is 57.9 Å². The molecule has 4 rings (SSSR count). The highest BCUT2D eigenvalue weighted by molar-refractivity contribution is 6.36. The van der Waals surface area contributed by atoms with E-state index in [0.29, 0.717) is 12.3 Å². The summed E-state index contributed by atoms with van der Waals surface area (Å²) >= 11 is 12.7. The molecule has 0 atom stereocenters. The van der Waals surface area contributed by atoms with Crippen LogP contribution in [0.25, 0.3) is 10.8 Å². The zero-order chi connectivity index (χ0) is 18.8. The lowest BCUT2D eigenvalue weighted by molar-refractivity contribution is 0.378. The molecule has 3 nitrogen and oxygen atoms in total. The maximum atomic E-state index is 8.56. The summed E-state index contributed by atoms with van der Waals surface area (Å²) in [6.07, 6.45) is 0.556. The van der Waals surface area contributed by atoms with Crippen LogP contribution >= 0.6 is 35.6 Å². The molecule has 0 aliphatic carbocycles. The van der Waals surface area contributed by atoms with Crippen LogP contribution in [0.15, 0.2) is 60.7 Å². The summed E-state index contributed by atoms with van der Waals surface area (Å²) in [6, 6.07) is 20.2. The average molecular weight is 435 g/mol. The zero-order valence-corrected chi connectivity index (χ0v) is 17.7.